The zero-order valence-corrected chi connectivity index (χ0v) is 9.55. The first kappa shape index (κ1) is 10.4. The molecule has 0 aliphatic heterocycles. The minimum atomic E-state index is -3.21. The minimum absolute atomic E-state index is 0.227. The molecule has 0 bridgehead atoms. The van der Waals surface area contributed by atoms with Crippen molar-refractivity contribution in [1.82, 2.24) is 9.03 Å². The molecule has 5 heteroatoms. The summed E-state index contributed by atoms with van der Waals surface area (Å²) in [5.41, 5.74) is 0. The van der Waals surface area contributed by atoms with E-state index in [9.17, 15) is 8.42 Å². The van der Waals surface area contributed by atoms with Gasteiger partial charge in [-0.1, -0.05) is 12.8 Å². The molecule has 1 N–H and O–H groups in total. The molecule has 2 fully saturated rings. The SMILES string of the molecule is CN(C)S(=O)(=O)NC1C2CCCCC21. The summed E-state index contributed by atoms with van der Waals surface area (Å²) in [6.07, 6.45) is 4.93. The Morgan fingerprint density at radius 1 is 1.14 bits per heavy atom. The van der Waals surface area contributed by atoms with Crippen LogP contribution in [0.1, 0.15) is 25.7 Å². The van der Waals surface area contributed by atoms with Crippen molar-refractivity contribution < 1.29 is 8.42 Å². The molecular formula is C9H18N2O2S. The van der Waals surface area contributed by atoms with Crippen molar-refractivity contribution >= 4 is 10.2 Å². The van der Waals surface area contributed by atoms with E-state index in [1.807, 2.05) is 0 Å². The van der Waals surface area contributed by atoms with E-state index in [-0.39, 0.29) is 6.04 Å². The largest absolute Gasteiger partial charge is 0.279 e. The van der Waals surface area contributed by atoms with Crippen molar-refractivity contribution in [3.63, 3.8) is 0 Å². The molecule has 2 unspecified atom stereocenters. The highest BCUT2D eigenvalue weighted by Gasteiger charge is 2.52. The molecule has 2 aliphatic rings. The topological polar surface area (TPSA) is 49.4 Å². The quantitative estimate of drug-likeness (QED) is 0.753. The van der Waals surface area contributed by atoms with E-state index in [0.717, 1.165) is 0 Å². The molecule has 0 aromatic rings. The lowest BCUT2D eigenvalue weighted by atomic mass is 10.0. The second kappa shape index (κ2) is 3.47. The highest BCUT2D eigenvalue weighted by atomic mass is 32.2. The van der Waals surface area contributed by atoms with Gasteiger partial charge in [-0.15, -0.1) is 0 Å². The first-order valence-corrected chi connectivity index (χ1v) is 6.66. The van der Waals surface area contributed by atoms with E-state index in [1.165, 1.54) is 30.0 Å². The van der Waals surface area contributed by atoms with Crippen LogP contribution in [0.15, 0.2) is 0 Å². The first-order chi connectivity index (χ1) is 6.52. The summed E-state index contributed by atoms with van der Waals surface area (Å²) in [6.45, 7) is 0. The molecule has 0 aromatic heterocycles. The molecule has 2 saturated carbocycles. The van der Waals surface area contributed by atoms with Gasteiger partial charge in [-0.05, 0) is 24.7 Å². The molecule has 0 spiro atoms. The van der Waals surface area contributed by atoms with E-state index in [0.29, 0.717) is 11.8 Å². The molecular weight excluding hydrogens is 200 g/mol. The van der Waals surface area contributed by atoms with Gasteiger partial charge in [-0.25, -0.2) is 0 Å². The van der Waals surface area contributed by atoms with Crippen LogP contribution in [0.4, 0.5) is 0 Å². The molecule has 82 valence electrons. The highest BCUT2D eigenvalue weighted by molar-refractivity contribution is 7.87. The summed E-state index contributed by atoms with van der Waals surface area (Å²) in [4.78, 5) is 0. The second-order valence-electron chi connectivity index (χ2n) is 4.54. The van der Waals surface area contributed by atoms with E-state index in [4.69, 9.17) is 0 Å². The van der Waals surface area contributed by atoms with Crippen LogP contribution in [0.2, 0.25) is 0 Å². The van der Waals surface area contributed by atoms with Gasteiger partial charge in [0.1, 0.15) is 0 Å². The van der Waals surface area contributed by atoms with Crippen LogP contribution in [0.5, 0.6) is 0 Å². The van der Waals surface area contributed by atoms with Gasteiger partial charge in [0, 0.05) is 20.1 Å². The highest BCUT2D eigenvalue weighted by Crippen LogP contribution is 2.49. The number of hydrogen-bond acceptors (Lipinski definition) is 2. The lowest BCUT2D eigenvalue weighted by Gasteiger charge is -2.11. The number of hydrogen-bond donors (Lipinski definition) is 1. The van der Waals surface area contributed by atoms with Crippen molar-refractivity contribution in [2.24, 2.45) is 11.8 Å². The van der Waals surface area contributed by atoms with Crippen LogP contribution in [0, 0.1) is 11.8 Å². The Kier molecular flexibility index (Phi) is 2.57. The molecule has 0 radical (unpaired) electrons. The zero-order valence-electron chi connectivity index (χ0n) is 8.73. The Morgan fingerprint density at radius 2 is 1.64 bits per heavy atom. The summed E-state index contributed by atoms with van der Waals surface area (Å²) < 4.78 is 27.1. The molecule has 0 heterocycles. The average Bonchev–Trinajstić information content (AvgIpc) is 2.79. The molecule has 4 nitrogen and oxygen atoms in total. The molecule has 14 heavy (non-hydrogen) atoms. The van der Waals surface area contributed by atoms with Crippen LogP contribution >= 0.6 is 0 Å². The lowest BCUT2D eigenvalue weighted by Crippen LogP contribution is -2.38. The Balaban J connectivity index is 1.94. The molecule has 2 rings (SSSR count). The van der Waals surface area contributed by atoms with Crippen molar-refractivity contribution in [2.75, 3.05) is 14.1 Å². The standard InChI is InChI=1S/C9H18N2O2S/c1-11(2)14(12,13)10-9-7-5-3-4-6-8(7)9/h7-10H,3-6H2,1-2H3. The summed E-state index contributed by atoms with van der Waals surface area (Å²) in [7, 11) is -0.0821. The summed E-state index contributed by atoms with van der Waals surface area (Å²) in [5, 5.41) is 0. The van der Waals surface area contributed by atoms with Gasteiger partial charge in [0.05, 0.1) is 0 Å². The normalized spacial score (nSPS) is 36.9. The van der Waals surface area contributed by atoms with Crippen LogP contribution in [0.3, 0.4) is 0 Å². The van der Waals surface area contributed by atoms with Crippen molar-refractivity contribution in [3.05, 3.63) is 0 Å². The van der Waals surface area contributed by atoms with E-state index < -0.39 is 10.2 Å². The van der Waals surface area contributed by atoms with Crippen LogP contribution in [-0.2, 0) is 10.2 Å². The average molecular weight is 218 g/mol. The Bertz CT molecular complexity index is 301. The third kappa shape index (κ3) is 1.81. The predicted octanol–water partition coefficient (Wildman–Crippen LogP) is 0.571. The maximum atomic E-state index is 11.5. The van der Waals surface area contributed by atoms with Gasteiger partial charge in [-0.3, -0.25) is 0 Å². The number of rotatable bonds is 3. The molecule has 2 atom stereocenters. The van der Waals surface area contributed by atoms with Crippen molar-refractivity contribution in [1.29, 1.82) is 0 Å². The fourth-order valence-electron chi connectivity index (χ4n) is 2.44. The molecule has 2 aliphatic carbocycles. The zero-order chi connectivity index (χ0) is 10.3. The van der Waals surface area contributed by atoms with Crippen molar-refractivity contribution in [3.8, 4) is 0 Å². The van der Waals surface area contributed by atoms with E-state index >= 15 is 0 Å². The molecule has 0 aromatic carbocycles. The third-order valence-electron chi connectivity index (χ3n) is 3.42. The fraction of sp³-hybridized carbons (Fsp3) is 1.00. The van der Waals surface area contributed by atoms with E-state index in [2.05, 4.69) is 4.72 Å². The van der Waals surface area contributed by atoms with Gasteiger partial charge < -0.3 is 0 Å². The van der Waals surface area contributed by atoms with Gasteiger partial charge in [0.2, 0.25) is 0 Å². The summed E-state index contributed by atoms with van der Waals surface area (Å²) >= 11 is 0. The summed E-state index contributed by atoms with van der Waals surface area (Å²) in [6, 6.07) is 0.227. The van der Waals surface area contributed by atoms with Crippen LogP contribution in [0.25, 0.3) is 0 Å². The Hall–Kier alpha value is -0.130. The fourth-order valence-corrected chi connectivity index (χ4v) is 3.35. The second-order valence-corrected chi connectivity index (χ2v) is 6.46. The predicted molar refractivity (Wildman–Crippen MR) is 55.0 cm³/mol. The van der Waals surface area contributed by atoms with Crippen LogP contribution < -0.4 is 4.72 Å². The first-order valence-electron chi connectivity index (χ1n) is 5.22. The van der Waals surface area contributed by atoms with Crippen molar-refractivity contribution in [2.45, 2.75) is 31.7 Å². The Morgan fingerprint density at radius 3 is 2.07 bits per heavy atom. The van der Waals surface area contributed by atoms with Gasteiger partial charge in [0.15, 0.2) is 0 Å². The molecule has 0 amide bonds. The monoisotopic (exact) mass is 218 g/mol. The number of nitrogens with one attached hydrogen (secondary N) is 1. The van der Waals surface area contributed by atoms with Crippen LogP contribution in [-0.4, -0.2) is 32.9 Å². The number of nitrogens with zero attached hydrogens (tertiary/aromatic N) is 1. The maximum absolute atomic E-state index is 11.5. The summed E-state index contributed by atoms with van der Waals surface area (Å²) in [5.74, 6) is 1.25. The van der Waals surface area contributed by atoms with E-state index in [1.54, 1.807) is 14.1 Å². The van der Waals surface area contributed by atoms with Gasteiger partial charge >= 0.3 is 0 Å². The minimum Gasteiger partial charge on any atom is -0.198 e. The lowest BCUT2D eigenvalue weighted by molar-refractivity contribution is 0.480. The smallest absolute Gasteiger partial charge is 0.198 e. The third-order valence-corrected chi connectivity index (χ3v) is 4.95. The maximum Gasteiger partial charge on any atom is 0.279 e. The van der Waals surface area contributed by atoms with Gasteiger partial charge in [-0.2, -0.15) is 17.4 Å². The number of fused-ring (bicyclic) bond motifs is 1. The Labute approximate surface area is 85.9 Å². The molecule has 0 saturated heterocycles. The van der Waals surface area contributed by atoms with Gasteiger partial charge in [0.25, 0.3) is 10.2 Å².